The minimum atomic E-state index is -0.597. The smallest absolute Gasteiger partial charge is 0.214 e. The van der Waals surface area contributed by atoms with Crippen LogP contribution in [0, 0.1) is 12.7 Å². The van der Waals surface area contributed by atoms with Crippen molar-refractivity contribution in [2.75, 3.05) is 7.11 Å². The van der Waals surface area contributed by atoms with Crippen molar-refractivity contribution in [1.82, 2.24) is 9.78 Å². The third-order valence-electron chi connectivity index (χ3n) is 2.76. The van der Waals surface area contributed by atoms with E-state index in [4.69, 9.17) is 4.74 Å². The molecule has 94 valence electrons. The summed E-state index contributed by atoms with van der Waals surface area (Å²) in [7, 11) is 3.10. The third kappa shape index (κ3) is 1.99. The van der Waals surface area contributed by atoms with E-state index in [-0.39, 0.29) is 11.3 Å². The normalized spacial score (nSPS) is 10.4. The molecule has 0 atom stereocenters. The van der Waals surface area contributed by atoms with E-state index in [0.29, 0.717) is 11.4 Å². The number of methoxy groups -OCH3 is 1. The lowest BCUT2D eigenvalue weighted by molar-refractivity contribution is 0.102. The van der Waals surface area contributed by atoms with Gasteiger partial charge in [0, 0.05) is 13.1 Å². The second kappa shape index (κ2) is 4.60. The first kappa shape index (κ1) is 12.3. The van der Waals surface area contributed by atoms with E-state index in [9.17, 15) is 9.18 Å². The zero-order valence-corrected chi connectivity index (χ0v) is 10.4. The average Bonchev–Trinajstić information content (AvgIpc) is 2.68. The van der Waals surface area contributed by atoms with Crippen LogP contribution in [0.3, 0.4) is 0 Å². The fourth-order valence-electron chi connectivity index (χ4n) is 1.81. The van der Waals surface area contributed by atoms with Crippen LogP contribution in [0.2, 0.25) is 0 Å². The highest BCUT2D eigenvalue weighted by Gasteiger charge is 2.19. The summed E-state index contributed by atoms with van der Waals surface area (Å²) in [5.74, 6) is -0.599. The quantitative estimate of drug-likeness (QED) is 0.781. The first-order chi connectivity index (χ1) is 8.54. The molecule has 2 aromatic rings. The van der Waals surface area contributed by atoms with Gasteiger partial charge in [0.15, 0.2) is 0 Å². The first-order valence-electron chi connectivity index (χ1n) is 5.41. The number of carbonyl (C=O) groups is 1. The predicted molar refractivity (Wildman–Crippen MR) is 64.3 cm³/mol. The molecule has 0 unspecified atom stereocenters. The number of hydrogen-bond donors (Lipinski definition) is 0. The monoisotopic (exact) mass is 248 g/mol. The van der Waals surface area contributed by atoms with Crippen molar-refractivity contribution in [2.24, 2.45) is 7.05 Å². The maximum absolute atomic E-state index is 13.8. The molecule has 1 aromatic heterocycles. The molecule has 0 aliphatic heterocycles. The van der Waals surface area contributed by atoms with E-state index >= 15 is 0 Å². The van der Waals surface area contributed by atoms with Crippen molar-refractivity contribution in [3.05, 3.63) is 47.0 Å². The number of ether oxygens (including phenoxy) is 1. The molecule has 0 saturated carbocycles. The minimum Gasteiger partial charge on any atom is -0.497 e. The Morgan fingerprint density at radius 2 is 2.17 bits per heavy atom. The molecule has 0 fully saturated rings. The van der Waals surface area contributed by atoms with Gasteiger partial charge in [-0.05, 0) is 24.6 Å². The summed E-state index contributed by atoms with van der Waals surface area (Å²) in [5.41, 5.74) is 1.12. The van der Waals surface area contributed by atoms with Crippen molar-refractivity contribution in [1.29, 1.82) is 0 Å². The molecule has 0 spiro atoms. The molecule has 5 heteroatoms. The van der Waals surface area contributed by atoms with E-state index in [2.05, 4.69) is 5.10 Å². The lowest BCUT2D eigenvalue weighted by atomic mass is 10.1. The van der Waals surface area contributed by atoms with Crippen LogP contribution in [0.5, 0.6) is 5.75 Å². The number of aromatic nitrogens is 2. The van der Waals surface area contributed by atoms with Crippen molar-refractivity contribution in [3.8, 4) is 5.75 Å². The van der Waals surface area contributed by atoms with Gasteiger partial charge in [-0.3, -0.25) is 9.48 Å². The van der Waals surface area contributed by atoms with Crippen LogP contribution < -0.4 is 4.74 Å². The van der Waals surface area contributed by atoms with E-state index in [1.54, 1.807) is 26.2 Å². The van der Waals surface area contributed by atoms with Crippen molar-refractivity contribution in [3.63, 3.8) is 0 Å². The number of carbonyl (C=O) groups excluding carboxylic acids is 1. The summed E-state index contributed by atoms with van der Waals surface area (Å²) < 4.78 is 20.2. The van der Waals surface area contributed by atoms with Crippen LogP contribution >= 0.6 is 0 Å². The highest BCUT2D eigenvalue weighted by Crippen LogP contribution is 2.20. The van der Waals surface area contributed by atoms with Gasteiger partial charge in [0.1, 0.15) is 17.3 Å². The molecule has 0 amide bonds. The third-order valence-corrected chi connectivity index (χ3v) is 2.76. The van der Waals surface area contributed by atoms with Gasteiger partial charge in [-0.15, -0.1) is 0 Å². The number of hydrogen-bond acceptors (Lipinski definition) is 3. The van der Waals surface area contributed by atoms with Gasteiger partial charge in [-0.2, -0.15) is 5.10 Å². The molecule has 1 aromatic carbocycles. The summed E-state index contributed by atoms with van der Waals surface area (Å²) >= 11 is 0. The molecule has 0 bridgehead atoms. The van der Waals surface area contributed by atoms with E-state index in [0.717, 1.165) is 5.56 Å². The van der Waals surface area contributed by atoms with Gasteiger partial charge in [0.2, 0.25) is 5.78 Å². The van der Waals surface area contributed by atoms with E-state index in [1.165, 1.54) is 23.9 Å². The van der Waals surface area contributed by atoms with Gasteiger partial charge < -0.3 is 4.74 Å². The van der Waals surface area contributed by atoms with Gasteiger partial charge in [-0.1, -0.05) is 0 Å². The van der Waals surface area contributed by atoms with Crippen LogP contribution in [-0.2, 0) is 7.05 Å². The zero-order valence-electron chi connectivity index (χ0n) is 10.4. The van der Waals surface area contributed by atoms with Crippen molar-refractivity contribution in [2.45, 2.75) is 6.92 Å². The second-order valence-corrected chi connectivity index (χ2v) is 3.97. The van der Waals surface area contributed by atoms with Crippen LogP contribution in [0.4, 0.5) is 4.39 Å². The van der Waals surface area contributed by atoms with Crippen LogP contribution in [0.25, 0.3) is 0 Å². The van der Waals surface area contributed by atoms with Crippen LogP contribution in [0.15, 0.2) is 24.4 Å². The van der Waals surface area contributed by atoms with Crippen LogP contribution in [-0.4, -0.2) is 22.7 Å². The SMILES string of the molecule is COc1ccc(C(=O)c2c(C)cnn2C)c(F)c1. The van der Waals surface area contributed by atoms with Gasteiger partial charge in [0.05, 0.1) is 18.9 Å². The Hall–Kier alpha value is -2.17. The van der Waals surface area contributed by atoms with E-state index in [1.807, 2.05) is 0 Å². The lowest BCUT2D eigenvalue weighted by Crippen LogP contribution is -2.11. The fourth-order valence-corrected chi connectivity index (χ4v) is 1.81. The highest BCUT2D eigenvalue weighted by molar-refractivity contribution is 6.08. The average molecular weight is 248 g/mol. The topological polar surface area (TPSA) is 44.1 Å². The Bertz CT molecular complexity index is 586. The maximum Gasteiger partial charge on any atom is 0.214 e. The molecular formula is C13H13FN2O2. The Morgan fingerprint density at radius 1 is 1.44 bits per heavy atom. The predicted octanol–water partition coefficient (Wildman–Crippen LogP) is 2.11. The number of halogens is 1. The minimum absolute atomic E-state index is 0.0162. The van der Waals surface area contributed by atoms with E-state index < -0.39 is 5.82 Å². The Kier molecular flexibility index (Phi) is 3.14. The molecule has 18 heavy (non-hydrogen) atoms. The molecule has 0 aliphatic rings. The molecule has 1 heterocycles. The fraction of sp³-hybridized carbons (Fsp3) is 0.231. The number of benzene rings is 1. The Balaban J connectivity index is 2.47. The van der Waals surface area contributed by atoms with Gasteiger partial charge in [0.25, 0.3) is 0 Å². The molecule has 0 saturated heterocycles. The standard InChI is InChI=1S/C13H13FN2O2/c1-8-7-15-16(2)12(8)13(17)10-5-4-9(18-3)6-11(10)14/h4-7H,1-3H3. The van der Waals surface area contributed by atoms with Crippen molar-refractivity contribution < 1.29 is 13.9 Å². The molecule has 0 N–H and O–H groups in total. The number of ketones is 1. The molecular weight excluding hydrogens is 235 g/mol. The summed E-state index contributed by atoms with van der Waals surface area (Å²) in [5, 5.41) is 3.97. The van der Waals surface area contributed by atoms with Crippen molar-refractivity contribution >= 4 is 5.78 Å². The maximum atomic E-state index is 13.8. The molecule has 0 aliphatic carbocycles. The zero-order chi connectivity index (χ0) is 13.3. The summed E-state index contributed by atoms with van der Waals surface area (Å²) in [6.45, 7) is 1.77. The van der Waals surface area contributed by atoms with Crippen LogP contribution in [0.1, 0.15) is 21.6 Å². The number of rotatable bonds is 3. The largest absolute Gasteiger partial charge is 0.497 e. The summed E-state index contributed by atoms with van der Waals surface area (Å²) in [6.07, 6.45) is 1.58. The first-order valence-corrected chi connectivity index (χ1v) is 5.41. The lowest BCUT2D eigenvalue weighted by Gasteiger charge is -2.06. The van der Waals surface area contributed by atoms with Gasteiger partial charge in [-0.25, -0.2) is 4.39 Å². The molecule has 4 nitrogen and oxygen atoms in total. The number of nitrogens with zero attached hydrogens (tertiary/aromatic N) is 2. The van der Waals surface area contributed by atoms with Gasteiger partial charge >= 0.3 is 0 Å². The Morgan fingerprint density at radius 3 is 2.67 bits per heavy atom. The summed E-state index contributed by atoms with van der Waals surface area (Å²) in [6, 6.07) is 4.17. The Labute approximate surface area is 104 Å². The number of aryl methyl sites for hydroxylation is 2. The second-order valence-electron chi connectivity index (χ2n) is 3.97. The highest BCUT2D eigenvalue weighted by atomic mass is 19.1. The summed E-state index contributed by atoms with van der Waals surface area (Å²) in [4.78, 5) is 12.2. The molecule has 0 radical (unpaired) electrons. The molecule has 2 rings (SSSR count).